The Kier molecular flexibility index (Phi) is 3.75. The van der Waals surface area contributed by atoms with Crippen molar-refractivity contribution in [1.82, 2.24) is 9.78 Å². The molecule has 4 heteroatoms. The molecule has 0 unspecified atom stereocenters. The second kappa shape index (κ2) is 5.96. The molecule has 1 aliphatic rings. The van der Waals surface area contributed by atoms with E-state index in [1.807, 2.05) is 0 Å². The quantitative estimate of drug-likeness (QED) is 0.781. The predicted octanol–water partition coefficient (Wildman–Crippen LogP) is 4.19. The summed E-state index contributed by atoms with van der Waals surface area (Å²) in [6.07, 6.45) is 1.02. The van der Waals surface area contributed by atoms with E-state index in [2.05, 4.69) is 85.3 Å². The van der Waals surface area contributed by atoms with Crippen molar-refractivity contribution in [2.24, 2.45) is 0 Å². The van der Waals surface area contributed by atoms with Crippen LogP contribution < -0.4 is 10.2 Å². The van der Waals surface area contributed by atoms with Gasteiger partial charge in [-0.2, -0.15) is 5.10 Å². The van der Waals surface area contributed by atoms with Crippen LogP contribution in [0, 0.1) is 13.8 Å². The number of rotatable bonds is 3. The first-order valence-electron chi connectivity index (χ1n) is 8.76. The number of nitrogens with one attached hydrogen (secondary N) is 1. The van der Waals surface area contributed by atoms with E-state index in [0.29, 0.717) is 0 Å². The molecule has 1 aromatic heterocycles. The Labute approximate surface area is 149 Å². The number of aromatic nitrogens is 2. The van der Waals surface area contributed by atoms with Gasteiger partial charge in [0.25, 0.3) is 0 Å². The normalized spacial score (nSPS) is 12.8. The highest BCUT2D eigenvalue weighted by Crippen LogP contribution is 2.35. The maximum absolute atomic E-state index is 4.98. The molecule has 0 spiro atoms. The smallest absolute Gasteiger partial charge is 0.133 e. The van der Waals surface area contributed by atoms with Crippen LogP contribution in [0.5, 0.6) is 0 Å². The second-order valence-corrected chi connectivity index (χ2v) is 6.98. The van der Waals surface area contributed by atoms with Gasteiger partial charge in [0.15, 0.2) is 0 Å². The first-order chi connectivity index (χ1) is 12.0. The van der Waals surface area contributed by atoms with Crippen LogP contribution in [0.3, 0.4) is 0 Å². The first-order valence-corrected chi connectivity index (χ1v) is 8.76. The lowest BCUT2D eigenvalue weighted by Gasteiger charge is -2.13. The highest BCUT2D eigenvalue weighted by molar-refractivity contribution is 5.75. The molecule has 0 radical (unpaired) electrons. The summed E-state index contributed by atoms with van der Waals surface area (Å²) in [6.45, 7) is 5.26. The van der Waals surface area contributed by atoms with Gasteiger partial charge >= 0.3 is 0 Å². The van der Waals surface area contributed by atoms with Crippen molar-refractivity contribution in [3.8, 4) is 16.9 Å². The number of hydrogen-bond donors (Lipinski definition) is 1. The van der Waals surface area contributed by atoms with Crippen molar-refractivity contribution >= 4 is 11.5 Å². The van der Waals surface area contributed by atoms with Crippen molar-refractivity contribution in [2.75, 3.05) is 30.9 Å². The topological polar surface area (TPSA) is 33.1 Å². The molecule has 0 aliphatic carbocycles. The minimum absolute atomic E-state index is 0.971. The Hall–Kier alpha value is -2.75. The summed E-state index contributed by atoms with van der Waals surface area (Å²) in [4.78, 5) is 2.13. The van der Waals surface area contributed by atoms with E-state index in [0.717, 1.165) is 30.2 Å². The number of hydrogen-bond acceptors (Lipinski definition) is 3. The van der Waals surface area contributed by atoms with E-state index < -0.39 is 0 Å². The predicted molar refractivity (Wildman–Crippen MR) is 105 cm³/mol. The molecule has 0 saturated carbocycles. The molecule has 0 amide bonds. The zero-order valence-corrected chi connectivity index (χ0v) is 15.3. The van der Waals surface area contributed by atoms with Gasteiger partial charge in [-0.3, -0.25) is 0 Å². The first kappa shape index (κ1) is 15.8. The van der Waals surface area contributed by atoms with Crippen molar-refractivity contribution in [3.63, 3.8) is 0 Å². The molecule has 1 N–H and O–H groups in total. The standard InChI is InChI=1S/C21H24N4/c1-14-8-9-18(12-15(14)2)25-21-19(10-11-22-21)20(23-25)16-6-5-7-17(13-16)24(3)4/h5-9,12-13,22H,10-11H2,1-4H3. The van der Waals surface area contributed by atoms with E-state index >= 15 is 0 Å². The van der Waals surface area contributed by atoms with Gasteiger partial charge in [0.2, 0.25) is 0 Å². The number of aryl methyl sites for hydroxylation is 2. The van der Waals surface area contributed by atoms with Crippen LogP contribution in [0.2, 0.25) is 0 Å². The number of fused-ring (bicyclic) bond motifs is 1. The van der Waals surface area contributed by atoms with Crippen LogP contribution in [0.1, 0.15) is 16.7 Å². The number of benzene rings is 2. The van der Waals surface area contributed by atoms with Crippen LogP contribution in [-0.2, 0) is 6.42 Å². The van der Waals surface area contributed by atoms with E-state index in [1.165, 1.54) is 27.9 Å². The lowest BCUT2D eigenvalue weighted by molar-refractivity contribution is 0.880. The van der Waals surface area contributed by atoms with Gasteiger partial charge in [0.1, 0.15) is 5.82 Å². The Morgan fingerprint density at radius 1 is 1.04 bits per heavy atom. The molecule has 3 aromatic rings. The molecule has 2 heterocycles. The number of nitrogens with zero attached hydrogens (tertiary/aromatic N) is 3. The van der Waals surface area contributed by atoms with Gasteiger partial charge in [0.05, 0.1) is 11.4 Å². The zero-order valence-electron chi connectivity index (χ0n) is 15.3. The molecule has 128 valence electrons. The molecular weight excluding hydrogens is 308 g/mol. The van der Waals surface area contributed by atoms with E-state index in [9.17, 15) is 0 Å². The molecular formula is C21H24N4. The van der Waals surface area contributed by atoms with Crippen molar-refractivity contribution < 1.29 is 0 Å². The average Bonchev–Trinajstić information content (AvgIpc) is 3.20. The van der Waals surface area contributed by atoms with Crippen molar-refractivity contribution in [1.29, 1.82) is 0 Å². The lowest BCUT2D eigenvalue weighted by Crippen LogP contribution is -2.08. The minimum Gasteiger partial charge on any atom is -0.378 e. The molecule has 0 fully saturated rings. The molecule has 2 aromatic carbocycles. The minimum atomic E-state index is 0.971. The van der Waals surface area contributed by atoms with Crippen molar-refractivity contribution in [3.05, 3.63) is 59.2 Å². The summed E-state index contributed by atoms with van der Waals surface area (Å²) in [5.41, 5.74) is 8.47. The fraction of sp³-hybridized carbons (Fsp3) is 0.286. The fourth-order valence-electron chi connectivity index (χ4n) is 3.38. The Bertz CT molecular complexity index is 937. The summed E-state index contributed by atoms with van der Waals surface area (Å²) in [6, 6.07) is 15.1. The van der Waals surface area contributed by atoms with Gasteiger partial charge in [-0.1, -0.05) is 18.2 Å². The fourth-order valence-corrected chi connectivity index (χ4v) is 3.38. The number of anilines is 2. The molecule has 4 rings (SSSR count). The summed E-state index contributed by atoms with van der Waals surface area (Å²) < 4.78 is 2.06. The largest absolute Gasteiger partial charge is 0.378 e. The van der Waals surface area contributed by atoms with Gasteiger partial charge in [-0.25, -0.2) is 4.68 Å². The van der Waals surface area contributed by atoms with Crippen molar-refractivity contribution in [2.45, 2.75) is 20.3 Å². The second-order valence-electron chi connectivity index (χ2n) is 6.98. The highest BCUT2D eigenvalue weighted by Gasteiger charge is 2.24. The van der Waals surface area contributed by atoms with Gasteiger partial charge in [-0.05, 0) is 55.7 Å². The summed E-state index contributed by atoms with van der Waals surface area (Å²) in [7, 11) is 4.14. The summed E-state index contributed by atoms with van der Waals surface area (Å²) >= 11 is 0. The Morgan fingerprint density at radius 2 is 1.88 bits per heavy atom. The summed E-state index contributed by atoms with van der Waals surface area (Å²) in [5.74, 6) is 1.13. The third-order valence-electron chi connectivity index (χ3n) is 5.02. The van der Waals surface area contributed by atoms with Crippen LogP contribution in [0.4, 0.5) is 11.5 Å². The summed E-state index contributed by atoms with van der Waals surface area (Å²) in [5, 5.41) is 8.50. The van der Waals surface area contributed by atoms with Crippen LogP contribution >= 0.6 is 0 Å². The third-order valence-corrected chi connectivity index (χ3v) is 5.02. The molecule has 4 nitrogen and oxygen atoms in total. The SMILES string of the molecule is Cc1ccc(-n2nc(-c3cccc(N(C)C)c3)c3c2NCC3)cc1C. The Balaban J connectivity index is 1.86. The van der Waals surface area contributed by atoms with Crippen LogP contribution in [-0.4, -0.2) is 30.4 Å². The van der Waals surface area contributed by atoms with Crippen LogP contribution in [0.15, 0.2) is 42.5 Å². The molecule has 1 aliphatic heterocycles. The van der Waals surface area contributed by atoms with Crippen LogP contribution in [0.25, 0.3) is 16.9 Å². The lowest BCUT2D eigenvalue weighted by atomic mass is 10.1. The van der Waals surface area contributed by atoms with Gasteiger partial charge < -0.3 is 10.2 Å². The Morgan fingerprint density at radius 3 is 2.64 bits per heavy atom. The maximum Gasteiger partial charge on any atom is 0.133 e. The molecule has 25 heavy (non-hydrogen) atoms. The molecule has 0 atom stereocenters. The van der Waals surface area contributed by atoms with E-state index in [1.54, 1.807) is 0 Å². The third kappa shape index (κ3) is 2.68. The van der Waals surface area contributed by atoms with E-state index in [4.69, 9.17) is 5.10 Å². The molecule has 0 bridgehead atoms. The van der Waals surface area contributed by atoms with E-state index in [-0.39, 0.29) is 0 Å². The zero-order chi connectivity index (χ0) is 17.6. The maximum atomic E-state index is 4.98. The molecule has 0 saturated heterocycles. The van der Waals surface area contributed by atoms with Gasteiger partial charge in [0, 0.05) is 37.5 Å². The highest BCUT2D eigenvalue weighted by atomic mass is 15.3. The van der Waals surface area contributed by atoms with Gasteiger partial charge in [-0.15, -0.1) is 0 Å². The average molecular weight is 332 g/mol. The monoisotopic (exact) mass is 332 g/mol.